The smallest absolute Gasteiger partial charge is 0.305 e. The number of carbonyl (C=O) groups excluding carboxylic acids is 2. The SMILES string of the molecule is CC(CCC(=O)OCCOCCOCCN=[N+]=[N-])C1CCC2C3CC[C@@H]4C[C@H](NC(=O)C(CC(=O)O)Nc5ccc([N+](=O)[O-])c6nonc56)CC[C@]4(C)C3CC[C@]12C. The van der Waals surface area contributed by atoms with Crippen LogP contribution in [0.25, 0.3) is 21.5 Å². The van der Waals surface area contributed by atoms with Crippen molar-refractivity contribution in [3.8, 4) is 0 Å². The molecule has 1 amide bonds. The number of ether oxygens (including phenoxy) is 3. The van der Waals surface area contributed by atoms with Gasteiger partial charge in [-0.05, 0) is 132 Å². The first-order valence-corrected chi connectivity index (χ1v) is 20.9. The minimum absolute atomic E-state index is 0.0493. The fraction of sp³-hybridized carbons (Fsp3) is 0.775. The lowest BCUT2D eigenvalue weighted by Crippen LogP contribution is -2.56. The Bertz CT molecular complexity index is 1840. The number of anilines is 1. The average Bonchev–Trinajstić information content (AvgIpc) is 3.83. The Hall–Kier alpha value is -4.54. The van der Waals surface area contributed by atoms with Crippen LogP contribution in [0.3, 0.4) is 0 Å². The Morgan fingerprint density at radius 1 is 1.02 bits per heavy atom. The van der Waals surface area contributed by atoms with Crippen LogP contribution in [0, 0.1) is 56.5 Å². The van der Waals surface area contributed by atoms with E-state index in [9.17, 15) is 29.6 Å². The van der Waals surface area contributed by atoms with Crippen molar-refractivity contribution in [1.82, 2.24) is 15.6 Å². The second-order valence-electron chi connectivity index (χ2n) is 17.4. The molecule has 10 atom stereocenters. The fourth-order valence-corrected chi connectivity index (χ4v) is 11.7. The summed E-state index contributed by atoms with van der Waals surface area (Å²) in [4.78, 5) is 51.6. The van der Waals surface area contributed by atoms with E-state index >= 15 is 0 Å². The van der Waals surface area contributed by atoms with E-state index in [1.54, 1.807) is 0 Å². The highest BCUT2D eigenvalue weighted by Crippen LogP contribution is 2.68. The van der Waals surface area contributed by atoms with E-state index in [1.165, 1.54) is 44.2 Å². The molecule has 1 aromatic carbocycles. The third kappa shape index (κ3) is 9.50. The van der Waals surface area contributed by atoms with Crippen LogP contribution in [0.2, 0.25) is 0 Å². The Morgan fingerprint density at radius 2 is 1.74 bits per heavy atom. The summed E-state index contributed by atoms with van der Waals surface area (Å²) in [6.07, 6.45) is 10.5. The molecule has 0 bridgehead atoms. The molecule has 0 radical (unpaired) electrons. The Kier molecular flexibility index (Phi) is 14.1. The van der Waals surface area contributed by atoms with E-state index in [0.29, 0.717) is 68.4 Å². The molecule has 1 aromatic heterocycles. The number of azide groups is 1. The summed E-state index contributed by atoms with van der Waals surface area (Å²) in [6.45, 7) is 9.21. The Labute approximate surface area is 337 Å². The van der Waals surface area contributed by atoms with Crippen LogP contribution in [0.4, 0.5) is 11.4 Å². The van der Waals surface area contributed by atoms with Crippen molar-refractivity contribution in [2.75, 3.05) is 44.9 Å². The molecule has 4 aliphatic rings. The van der Waals surface area contributed by atoms with Gasteiger partial charge in [-0.25, -0.2) is 4.63 Å². The lowest BCUT2D eigenvalue weighted by molar-refractivity contribution is -0.383. The van der Waals surface area contributed by atoms with Gasteiger partial charge in [-0.15, -0.1) is 0 Å². The summed E-state index contributed by atoms with van der Waals surface area (Å²) in [5.74, 6) is 1.61. The van der Waals surface area contributed by atoms with Crippen LogP contribution in [0.1, 0.15) is 97.8 Å². The summed E-state index contributed by atoms with van der Waals surface area (Å²) in [5.41, 5.74) is 8.58. The maximum Gasteiger partial charge on any atom is 0.305 e. The first kappa shape index (κ1) is 43.0. The predicted octanol–water partition coefficient (Wildman–Crippen LogP) is 6.83. The number of benzene rings is 1. The molecule has 0 saturated heterocycles. The van der Waals surface area contributed by atoms with Crippen LogP contribution in [-0.2, 0) is 28.6 Å². The van der Waals surface area contributed by atoms with Crippen LogP contribution < -0.4 is 10.6 Å². The monoisotopic (exact) mass is 810 g/mol. The number of rotatable bonds is 20. The number of fused-ring (bicyclic) bond motifs is 6. The Balaban J connectivity index is 0.977. The van der Waals surface area contributed by atoms with Gasteiger partial charge in [0.1, 0.15) is 12.6 Å². The maximum absolute atomic E-state index is 13.7. The van der Waals surface area contributed by atoms with Gasteiger partial charge in [0.25, 0.3) is 0 Å². The number of carboxylic acid groups (broad SMARTS) is 1. The topological polar surface area (TPSA) is 254 Å². The van der Waals surface area contributed by atoms with Crippen molar-refractivity contribution in [3.63, 3.8) is 0 Å². The number of nitrogens with zero attached hydrogens (tertiary/aromatic N) is 6. The van der Waals surface area contributed by atoms with Gasteiger partial charge < -0.3 is 30.0 Å². The normalized spacial score (nSPS) is 29.8. The van der Waals surface area contributed by atoms with Gasteiger partial charge in [-0.3, -0.25) is 24.5 Å². The molecule has 6 unspecified atom stereocenters. The van der Waals surface area contributed by atoms with Crippen molar-refractivity contribution >= 4 is 40.3 Å². The number of non-ortho nitro benzene ring substituents is 1. The third-order valence-corrected chi connectivity index (χ3v) is 14.5. The molecule has 58 heavy (non-hydrogen) atoms. The maximum atomic E-state index is 13.7. The third-order valence-electron chi connectivity index (χ3n) is 14.5. The summed E-state index contributed by atoms with van der Waals surface area (Å²) < 4.78 is 20.9. The summed E-state index contributed by atoms with van der Waals surface area (Å²) in [5, 5.41) is 38.0. The highest BCUT2D eigenvalue weighted by Gasteiger charge is 2.60. The number of hydrogen-bond donors (Lipinski definition) is 3. The number of nitro groups is 1. The molecule has 318 valence electrons. The number of carboxylic acids is 1. The molecular formula is C40H58N8O10. The van der Waals surface area contributed by atoms with Crippen molar-refractivity contribution < 1.29 is 43.3 Å². The largest absolute Gasteiger partial charge is 0.481 e. The standard InChI is InChI=1S/C40H58N8O10/c1-24(4-11-35(51)57-21-20-56-19-18-55-17-16-42-47-41)28-7-8-29-27-6-5-25-22-26(12-14-39(25,2)30(27)13-15-40(28,29)3)43-38(52)32(23-34(49)50)44-31-9-10-33(48(53)54)37-36(31)45-58-46-37/h9-10,24-30,32,44H,4-8,11-23H2,1-3H3,(H,43,52)(H,49,50)/t24?,25-,26-,27?,28?,29?,30?,32?,39+,40-/m1/s1. The zero-order valence-electron chi connectivity index (χ0n) is 33.8. The lowest BCUT2D eigenvalue weighted by atomic mass is 9.44. The van der Waals surface area contributed by atoms with Crippen molar-refractivity contribution in [2.24, 2.45) is 51.5 Å². The van der Waals surface area contributed by atoms with Gasteiger partial charge in [0.15, 0.2) is 5.52 Å². The molecule has 0 aliphatic heterocycles. The predicted molar refractivity (Wildman–Crippen MR) is 210 cm³/mol. The highest BCUT2D eigenvalue weighted by atomic mass is 16.6. The fourth-order valence-electron chi connectivity index (χ4n) is 11.7. The minimum Gasteiger partial charge on any atom is -0.481 e. The van der Waals surface area contributed by atoms with Gasteiger partial charge >= 0.3 is 17.6 Å². The number of esters is 1. The van der Waals surface area contributed by atoms with Crippen molar-refractivity contribution in [3.05, 3.63) is 32.7 Å². The molecule has 4 saturated carbocycles. The van der Waals surface area contributed by atoms with Crippen molar-refractivity contribution in [2.45, 2.75) is 110 Å². The van der Waals surface area contributed by atoms with Gasteiger partial charge in [0.2, 0.25) is 11.4 Å². The zero-order valence-corrected chi connectivity index (χ0v) is 33.8. The average molecular weight is 811 g/mol. The molecule has 3 N–H and O–H groups in total. The number of carbonyl (C=O) groups is 3. The van der Waals surface area contributed by atoms with Gasteiger partial charge in [0.05, 0.1) is 43.5 Å². The minimum atomic E-state index is -1.16. The van der Waals surface area contributed by atoms with Gasteiger partial charge in [-0.2, -0.15) is 0 Å². The van der Waals surface area contributed by atoms with Crippen LogP contribution in [0.15, 0.2) is 21.9 Å². The number of nitro benzene ring substituents is 1. The molecule has 0 spiro atoms. The quantitative estimate of drug-likeness (QED) is 0.0236. The number of hydrogen-bond acceptors (Lipinski definition) is 13. The van der Waals surface area contributed by atoms with Crippen LogP contribution in [0.5, 0.6) is 0 Å². The molecule has 2 aromatic rings. The van der Waals surface area contributed by atoms with Gasteiger partial charge in [-0.1, -0.05) is 25.9 Å². The summed E-state index contributed by atoms with van der Waals surface area (Å²) in [7, 11) is 0. The van der Waals surface area contributed by atoms with Crippen LogP contribution in [-0.4, -0.2) is 89.9 Å². The number of amides is 1. The van der Waals surface area contributed by atoms with E-state index in [2.05, 4.69) is 51.7 Å². The summed E-state index contributed by atoms with van der Waals surface area (Å²) in [6, 6.07) is 1.39. The molecular weight excluding hydrogens is 752 g/mol. The van der Waals surface area contributed by atoms with E-state index in [1.807, 2.05) is 0 Å². The molecule has 6 rings (SSSR count). The number of nitrogens with one attached hydrogen (secondary N) is 2. The second-order valence-corrected chi connectivity index (χ2v) is 17.4. The lowest BCUT2D eigenvalue weighted by Gasteiger charge is -2.61. The molecule has 1 heterocycles. The van der Waals surface area contributed by atoms with E-state index in [0.717, 1.165) is 32.1 Å². The highest BCUT2D eigenvalue weighted by molar-refractivity contribution is 5.96. The summed E-state index contributed by atoms with van der Waals surface area (Å²) >= 11 is 0. The van der Waals surface area contributed by atoms with E-state index in [4.69, 9.17) is 24.4 Å². The number of aliphatic carboxylic acids is 1. The van der Waals surface area contributed by atoms with Gasteiger partial charge in [0, 0.05) is 30.0 Å². The van der Waals surface area contributed by atoms with E-state index in [-0.39, 0.29) is 58.4 Å². The van der Waals surface area contributed by atoms with E-state index < -0.39 is 29.3 Å². The zero-order chi connectivity index (χ0) is 41.5. The Morgan fingerprint density at radius 3 is 2.50 bits per heavy atom. The second kappa shape index (κ2) is 19.0. The molecule has 4 aliphatic carbocycles. The number of aromatic nitrogens is 2. The molecule has 18 nitrogen and oxygen atoms in total. The first-order valence-electron chi connectivity index (χ1n) is 20.9. The van der Waals surface area contributed by atoms with Crippen molar-refractivity contribution in [1.29, 1.82) is 0 Å². The molecule has 4 fully saturated rings. The molecule has 18 heteroatoms. The first-order chi connectivity index (χ1) is 27.9. The van der Waals surface area contributed by atoms with Crippen LogP contribution >= 0.6 is 0 Å².